The zero-order valence-corrected chi connectivity index (χ0v) is 14.4. The minimum absolute atomic E-state index is 0.507. The summed E-state index contributed by atoms with van der Waals surface area (Å²) in [5, 5.41) is 1.03. The highest BCUT2D eigenvalue weighted by molar-refractivity contribution is 6.42. The van der Waals surface area contributed by atoms with Gasteiger partial charge in [0.05, 0.1) is 27.7 Å². The van der Waals surface area contributed by atoms with Gasteiger partial charge in [-0.3, -0.25) is 0 Å². The highest BCUT2D eigenvalue weighted by Crippen LogP contribution is 2.29. The lowest BCUT2D eigenvalue weighted by molar-refractivity contribution is 0.306. The number of aromatic amines is 1. The third-order valence-corrected chi connectivity index (χ3v) is 4.39. The SMILES string of the molecule is CCCCCOc1ccc(-c2nc3cc(Cl)c(Cl)cc3[nH]2)cc1. The molecule has 0 aliphatic rings. The highest BCUT2D eigenvalue weighted by atomic mass is 35.5. The maximum atomic E-state index is 6.04. The van der Waals surface area contributed by atoms with Crippen LogP contribution in [-0.4, -0.2) is 16.6 Å². The number of hydrogen-bond donors (Lipinski definition) is 1. The van der Waals surface area contributed by atoms with Crippen LogP contribution in [0.15, 0.2) is 36.4 Å². The first-order chi connectivity index (χ1) is 11.2. The van der Waals surface area contributed by atoms with Gasteiger partial charge < -0.3 is 9.72 Å². The van der Waals surface area contributed by atoms with E-state index in [4.69, 9.17) is 27.9 Å². The van der Waals surface area contributed by atoms with Crippen molar-refractivity contribution >= 4 is 34.2 Å². The van der Waals surface area contributed by atoms with Crippen molar-refractivity contribution in [2.24, 2.45) is 0 Å². The molecule has 23 heavy (non-hydrogen) atoms. The van der Waals surface area contributed by atoms with Gasteiger partial charge in [-0.25, -0.2) is 4.98 Å². The van der Waals surface area contributed by atoms with E-state index in [0.29, 0.717) is 10.0 Å². The van der Waals surface area contributed by atoms with Crippen LogP contribution in [0.1, 0.15) is 26.2 Å². The molecule has 0 aliphatic heterocycles. The van der Waals surface area contributed by atoms with E-state index in [1.807, 2.05) is 24.3 Å². The molecule has 0 unspecified atom stereocenters. The van der Waals surface area contributed by atoms with E-state index < -0.39 is 0 Å². The monoisotopic (exact) mass is 348 g/mol. The van der Waals surface area contributed by atoms with Crippen molar-refractivity contribution in [3.8, 4) is 17.1 Å². The fourth-order valence-electron chi connectivity index (χ4n) is 2.39. The molecule has 2 aromatic carbocycles. The van der Waals surface area contributed by atoms with Crippen LogP contribution in [0.3, 0.4) is 0 Å². The fraction of sp³-hybridized carbons (Fsp3) is 0.278. The van der Waals surface area contributed by atoms with Crippen LogP contribution in [0, 0.1) is 0 Å². The number of halogens is 2. The predicted octanol–water partition coefficient (Wildman–Crippen LogP) is 6.11. The molecule has 0 fully saturated rings. The summed E-state index contributed by atoms with van der Waals surface area (Å²) in [5.41, 5.74) is 2.66. The van der Waals surface area contributed by atoms with Gasteiger partial charge in [-0.2, -0.15) is 0 Å². The van der Waals surface area contributed by atoms with E-state index in [1.165, 1.54) is 12.8 Å². The molecule has 0 saturated heterocycles. The van der Waals surface area contributed by atoms with Gasteiger partial charge in [0.1, 0.15) is 11.6 Å². The van der Waals surface area contributed by atoms with Crippen LogP contribution < -0.4 is 4.74 Å². The fourth-order valence-corrected chi connectivity index (χ4v) is 2.71. The number of ether oxygens (including phenoxy) is 1. The minimum Gasteiger partial charge on any atom is -0.494 e. The molecule has 3 aromatic rings. The molecule has 5 heteroatoms. The lowest BCUT2D eigenvalue weighted by atomic mass is 10.2. The van der Waals surface area contributed by atoms with E-state index in [0.717, 1.165) is 41.2 Å². The first-order valence-corrected chi connectivity index (χ1v) is 8.51. The molecule has 1 aromatic heterocycles. The van der Waals surface area contributed by atoms with Crippen molar-refractivity contribution in [2.75, 3.05) is 6.61 Å². The van der Waals surface area contributed by atoms with Crippen LogP contribution in [0.25, 0.3) is 22.4 Å². The molecule has 0 spiro atoms. The second-order valence-corrected chi connectivity index (χ2v) is 6.26. The Kier molecular flexibility index (Phi) is 5.09. The molecule has 0 bridgehead atoms. The second kappa shape index (κ2) is 7.24. The van der Waals surface area contributed by atoms with Crippen molar-refractivity contribution < 1.29 is 4.74 Å². The number of nitrogens with one attached hydrogen (secondary N) is 1. The Labute approximate surface area is 145 Å². The lowest BCUT2D eigenvalue weighted by Crippen LogP contribution is -1.96. The van der Waals surface area contributed by atoms with Gasteiger partial charge in [0, 0.05) is 5.56 Å². The summed E-state index contributed by atoms with van der Waals surface area (Å²) in [6.07, 6.45) is 3.48. The number of hydrogen-bond acceptors (Lipinski definition) is 2. The number of aromatic nitrogens is 2. The molecule has 1 N–H and O–H groups in total. The quantitative estimate of drug-likeness (QED) is 0.546. The van der Waals surface area contributed by atoms with E-state index in [9.17, 15) is 0 Å². The van der Waals surface area contributed by atoms with Gasteiger partial charge in [-0.1, -0.05) is 43.0 Å². The van der Waals surface area contributed by atoms with Gasteiger partial charge >= 0.3 is 0 Å². The van der Waals surface area contributed by atoms with Crippen LogP contribution in [-0.2, 0) is 0 Å². The molecule has 120 valence electrons. The zero-order chi connectivity index (χ0) is 16.2. The Hall–Kier alpha value is -1.71. The Morgan fingerprint density at radius 2 is 1.78 bits per heavy atom. The van der Waals surface area contributed by atoms with Gasteiger partial charge in [-0.05, 0) is 42.8 Å². The smallest absolute Gasteiger partial charge is 0.138 e. The zero-order valence-electron chi connectivity index (χ0n) is 12.9. The van der Waals surface area contributed by atoms with Crippen molar-refractivity contribution in [1.29, 1.82) is 0 Å². The van der Waals surface area contributed by atoms with E-state index >= 15 is 0 Å². The van der Waals surface area contributed by atoms with Crippen LogP contribution >= 0.6 is 23.2 Å². The van der Waals surface area contributed by atoms with Gasteiger partial charge in [0.2, 0.25) is 0 Å². The molecular weight excluding hydrogens is 331 g/mol. The molecule has 3 nitrogen and oxygen atoms in total. The topological polar surface area (TPSA) is 37.9 Å². The van der Waals surface area contributed by atoms with Crippen LogP contribution in [0.2, 0.25) is 10.0 Å². The number of H-pyrrole nitrogens is 1. The predicted molar refractivity (Wildman–Crippen MR) is 96.6 cm³/mol. The standard InChI is InChI=1S/C18H18Cl2N2O/c1-2-3-4-9-23-13-7-5-12(6-8-13)18-21-16-10-14(19)15(20)11-17(16)22-18/h5-8,10-11H,2-4,9H2,1H3,(H,21,22). The average Bonchev–Trinajstić information content (AvgIpc) is 2.95. The maximum absolute atomic E-state index is 6.04. The van der Waals surface area contributed by atoms with Crippen LogP contribution in [0.5, 0.6) is 5.75 Å². The highest BCUT2D eigenvalue weighted by Gasteiger charge is 2.08. The minimum atomic E-state index is 0.507. The Morgan fingerprint density at radius 3 is 2.52 bits per heavy atom. The Morgan fingerprint density at radius 1 is 1.04 bits per heavy atom. The second-order valence-electron chi connectivity index (χ2n) is 5.45. The number of imidazole rings is 1. The van der Waals surface area contributed by atoms with E-state index in [1.54, 1.807) is 12.1 Å². The van der Waals surface area contributed by atoms with E-state index in [2.05, 4.69) is 16.9 Å². The largest absolute Gasteiger partial charge is 0.494 e. The summed E-state index contributed by atoms with van der Waals surface area (Å²) in [5.74, 6) is 1.67. The third-order valence-electron chi connectivity index (χ3n) is 3.67. The van der Waals surface area contributed by atoms with E-state index in [-0.39, 0.29) is 0 Å². The van der Waals surface area contributed by atoms with Crippen LogP contribution in [0.4, 0.5) is 0 Å². The number of rotatable bonds is 6. The summed E-state index contributed by atoms with van der Waals surface area (Å²) < 4.78 is 5.72. The van der Waals surface area contributed by atoms with Crippen molar-refractivity contribution in [1.82, 2.24) is 9.97 Å². The summed E-state index contributed by atoms with van der Waals surface area (Å²) in [6, 6.07) is 11.5. The Balaban J connectivity index is 1.76. The van der Waals surface area contributed by atoms with Gasteiger partial charge in [0.25, 0.3) is 0 Å². The van der Waals surface area contributed by atoms with Gasteiger partial charge in [-0.15, -0.1) is 0 Å². The molecule has 1 heterocycles. The summed E-state index contributed by atoms with van der Waals surface area (Å²) >= 11 is 12.1. The number of unbranched alkanes of at least 4 members (excludes halogenated alkanes) is 2. The van der Waals surface area contributed by atoms with Crippen molar-refractivity contribution in [3.05, 3.63) is 46.4 Å². The summed E-state index contributed by atoms with van der Waals surface area (Å²) in [4.78, 5) is 7.83. The summed E-state index contributed by atoms with van der Waals surface area (Å²) in [7, 11) is 0. The number of fused-ring (bicyclic) bond motifs is 1. The number of nitrogens with zero attached hydrogens (tertiary/aromatic N) is 1. The molecular formula is C18H18Cl2N2O. The molecule has 3 rings (SSSR count). The molecule has 0 radical (unpaired) electrons. The Bertz CT molecular complexity index is 758. The average molecular weight is 349 g/mol. The molecule has 0 amide bonds. The normalized spacial score (nSPS) is 11.1. The molecule has 0 atom stereocenters. The molecule has 0 saturated carbocycles. The van der Waals surface area contributed by atoms with Gasteiger partial charge in [0.15, 0.2) is 0 Å². The van der Waals surface area contributed by atoms with Crippen molar-refractivity contribution in [3.63, 3.8) is 0 Å². The first-order valence-electron chi connectivity index (χ1n) is 7.75. The lowest BCUT2D eigenvalue weighted by Gasteiger charge is -2.06. The maximum Gasteiger partial charge on any atom is 0.138 e. The van der Waals surface area contributed by atoms with Crippen molar-refractivity contribution in [2.45, 2.75) is 26.2 Å². The first kappa shape index (κ1) is 16.2. The molecule has 0 aliphatic carbocycles. The number of benzene rings is 2. The summed E-state index contributed by atoms with van der Waals surface area (Å²) in [6.45, 7) is 2.94. The third kappa shape index (κ3) is 3.80.